The Balaban J connectivity index is 2.04. The number of hydrogen-bond donors (Lipinski definition) is 1. The lowest BCUT2D eigenvalue weighted by Crippen LogP contribution is -2.18. The summed E-state index contributed by atoms with van der Waals surface area (Å²) in [5.41, 5.74) is -1.07. The molecule has 2 aromatic carbocycles. The molecule has 0 fully saturated rings. The molecular formula is C18H12F5N3O. The topological polar surface area (TPSA) is 46.9 Å². The van der Waals surface area contributed by atoms with E-state index in [2.05, 4.69) is 10.3 Å². The van der Waals surface area contributed by atoms with Gasteiger partial charge in [-0.05, 0) is 48.5 Å². The zero-order valence-electron chi connectivity index (χ0n) is 13.8. The summed E-state index contributed by atoms with van der Waals surface area (Å²) < 4.78 is 67.3. The van der Waals surface area contributed by atoms with E-state index in [1.807, 2.05) is 0 Å². The molecule has 0 atom stereocenters. The molecular weight excluding hydrogens is 369 g/mol. The van der Waals surface area contributed by atoms with Crippen LogP contribution < -0.4 is 5.32 Å². The second-order valence-corrected chi connectivity index (χ2v) is 5.66. The molecule has 0 unspecified atom stereocenters. The van der Waals surface area contributed by atoms with Crippen molar-refractivity contribution in [2.24, 2.45) is 7.05 Å². The number of nitrogens with zero attached hydrogens (tertiary/aromatic N) is 2. The highest BCUT2D eigenvalue weighted by molar-refractivity contribution is 6.04. The second-order valence-electron chi connectivity index (χ2n) is 5.66. The number of rotatable bonds is 3. The average Bonchev–Trinajstić information content (AvgIpc) is 2.93. The number of carbonyl (C=O) groups is 1. The second kappa shape index (κ2) is 6.82. The van der Waals surface area contributed by atoms with Gasteiger partial charge in [0, 0.05) is 18.2 Å². The Labute approximate surface area is 150 Å². The van der Waals surface area contributed by atoms with Crippen LogP contribution in [0.5, 0.6) is 0 Å². The molecule has 140 valence electrons. The number of nitrogens with one attached hydrogen (secondary N) is 1. The molecule has 0 radical (unpaired) electrons. The molecule has 0 aliphatic carbocycles. The first-order chi connectivity index (χ1) is 12.7. The summed E-state index contributed by atoms with van der Waals surface area (Å²) in [7, 11) is 1.29. The lowest BCUT2D eigenvalue weighted by Gasteiger charge is -2.11. The number of benzene rings is 2. The van der Waals surface area contributed by atoms with Crippen molar-refractivity contribution < 1.29 is 26.7 Å². The highest BCUT2D eigenvalue weighted by Gasteiger charge is 2.39. The highest BCUT2D eigenvalue weighted by Crippen LogP contribution is 2.37. The molecule has 4 nitrogen and oxygen atoms in total. The van der Waals surface area contributed by atoms with Crippen LogP contribution in [0.25, 0.3) is 11.4 Å². The van der Waals surface area contributed by atoms with E-state index >= 15 is 0 Å². The molecule has 9 heteroatoms. The van der Waals surface area contributed by atoms with Crippen molar-refractivity contribution in [3.63, 3.8) is 0 Å². The van der Waals surface area contributed by atoms with Crippen molar-refractivity contribution in [3.05, 3.63) is 71.4 Å². The van der Waals surface area contributed by atoms with Crippen molar-refractivity contribution in [1.82, 2.24) is 9.55 Å². The largest absolute Gasteiger partial charge is 0.437 e. The lowest BCUT2D eigenvalue weighted by atomic mass is 10.2. The maximum atomic E-state index is 13.4. The number of carbonyl (C=O) groups excluding carboxylic acids is 1. The average molecular weight is 381 g/mol. The van der Waals surface area contributed by atoms with Gasteiger partial charge in [-0.3, -0.25) is 4.79 Å². The predicted octanol–water partition coefficient (Wildman–Crippen LogP) is 4.64. The number of aromatic nitrogens is 2. The van der Waals surface area contributed by atoms with Gasteiger partial charge in [0.25, 0.3) is 5.91 Å². The zero-order valence-corrected chi connectivity index (χ0v) is 13.8. The van der Waals surface area contributed by atoms with Crippen LogP contribution in [0.4, 0.5) is 27.8 Å². The van der Waals surface area contributed by atoms with Crippen LogP contribution in [0.2, 0.25) is 0 Å². The molecule has 27 heavy (non-hydrogen) atoms. The number of halogens is 5. The van der Waals surface area contributed by atoms with Crippen LogP contribution >= 0.6 is 0 Å². The smallest absolute Gasteiger partial charge is 0.313 e. The maximum Gasteiger partial charge on any atom is 0.437 e. The number of alkyl halides is 3. The molecule has 3 aromatic rings. The Morgan fingerprint density at radius 1 is 0.963 bits per heavy atom. The van der Waals surface area contributed by atoms with Crippen molar-refractivity contribution in [2.45, 2.75) is 6.18 Å². The van der Waals surface area contributed by atoms with Gasteiger partial charge in [-0.1, -0.05) is 0 Å². The Hall–Kier alpha value is -3.23. The predicted molar refractivity (Wildman–Crippen MR) is 88.0 cm³/mol. The van der Waals surface area contributed by atoms with Gasteiger partial charge in [0.05, 0.1) is 0 Å². The minimum absolute atomic E-state index is 0.0194. The number of anilines is 1. The Morgan fingerprint density at radius 3 is 2.00 bits per heavy atom. The van der Waals surface area contributed by atoms with Gasteiger partial charge in [0.1, 0.15) is 23.3 Å². The quantitative estimate of drug-likeness (QED) is 0.672. The van der Waals surface area contributed by atoms with Gasteiger partial charge in [-0.15, -0.1) is 0 Å². The normalized spacial score (nSPS) is 11.5. The van der Waals surface area contributed by atoms with Gasteiger partial charge in [0.15, 0.2) is 5.69 Å². The van der Waals surface area contributed by atoms with Crippen LogP contribution in [0.1, 0.15) is 16.1 Å². The molecule has 1 amide bonds. The third-order valence-electron chi connectivity index (χ3n) is 3.80. The molecule has 0 aliphatic heterocycles. The molecule has 0 aliphatic rings. The highest BCUT2D eigenvalue weighted by atomic mass is 19.4. The van der Waals surface area contributed by atoms with Crippen molar-refractivity contribution in [1.29, 1.82) is 0 Å². The summed E-state index contributed by atoms with van der Waals surface area (Å²) in [6.07, 6.45) is -4.83. The summed E-state index contributed by atoms with van der Waals surface area (Å²) in [5, 5.41) is 2.17. The minimum atomic E-state index is -4.83. The SMILES string of the molecule is Cn1c(-c2ccc(F)cc2)nc(C(F)(F)F)c1NC(=O)c1ccc(F)cc1. The monoisotopic (exact) mass is 381 g/mol. The molecule has 1 aromatic heterocycles. The Kier molecular flexibility index (Phi) is 4.69. The molecule has 1 N–H and O–H groups in total. The summed E-state index contributed by atoms with van der Waals surface area (Å²) >= 11 is 0. The van der Waals surface area contributed by atoms with Crippen molar-refractivity contribution in [3.8, 4) is 11.4 Å². The third-order valence-corrected chi connectivity index (χ3v) is 3.80. The van der Waals surface area contributed by atoms with E-state index in [0.29, 0.717) is 0 Å². The van der Waals surface area contributed by atoms with Crippen LogP contribution in [0, 0.1) is 11.6 Å². The fourth-order valence-electron chi connectivity index (χ4n) is 2.48. The van der Waals surface area contributed by atoms with E-state index < -0.39 is 35.2 Å². The summed E-state index contributed by atoms with van der Waals surface area (Å²) in [5.74, 6) is -2.66. The van der Waals surface area contributed by atoms with Crippen LogP contribution in [-0.4, -0.2) is 15.5 Å². The molecule has 0 spiro atoms. The van der Waals surface area contributed by atoms with E-state index in [4.69, 9.17) is 0 Å². The maximum absolute atomic E-state index is 13.4. The number of amides is 1. The van der Waals surface area contributed by atoms with Gasteiger partial charge in [-0.2, -0.15) is 13.2 Å². The van der Waals surface area contributed by atoms with Crippen LogP contribution in [0.15, 0.2) is 48.5 Å². The first-order valence-corrected chi connectivity index (χ1v) is 7.63. The van der Waals surface area contributed by atoms with E-state index in [0.717, 1.165) is 41.0 Å². The lowest BCUT2D eigenvalue weighted by molar-refractivity contribution is -0.140. The molecule has 0 bridgehead atoms. The van der Waals surface area contributed by atoms with E-state index in [9.17, 15) is 26.7 Å². The van der Waals surface area contributed by atoms with E-state index in [1.165, 1.54) is 19.2 Å². The number of imidazole rings is 1. The molecule has 0 saturated heterocycles. The fourth-order valence-corrected chi connectivity index (χ4v) is 2.48. The van der Waals surface area contributed by atoms with Gasteiger partial charge in [-0.25, -0.2) is 13.8 Å². The van der Waals surface area contributed by atoms with Crippen molar-refractivity contribution in [2.75, 3.05) is 5.32 Å². The number of hydrogen-bond acceptors (Lipinski definition) is 2. The Morgan fingerprint density at radius 2 is 1.48 bits per heavy atom. The molecule has 1 heterocycles. The zero-order chi connectivity index (χ0) is 19.8. The summed E-state index contributed by atoms with van der Waals surface area (Å²) in [6.45, 7) is 0. The van der Waals surface area contributed by atoms with Crippen LogP contribution in [0.3, 0.4) is 0 Å². The van der Waals surface area contributed by atoms with E-state index in [1.54, 1.807) is 0 Å². The summed E-state index contributed by atoms with van der Waals surface area (Å²) in [4.78, 5) is 15.8. The fraction of sp³-hybridized carbons (Fsp3) is 0.111. The Bertz CT molecular complexity index is 976. The standard InChI is InChI=1S/C18H12F5N3O/c1-26-15(10-2-6-12(19)7-3-10)24-14(18(21,22)23)16(26)25-17(27)11-4-8-13(20)9-5-11/h2-9H,1H3,(H,25,27). The van der Waals surface area contributed by atoms with Crippen molar-refractivity contribution >= 4 is 11.7 Å². The van der Waals surface area contributed by atoms with Gasteiger partial charge < -0.3 is 9.88 Å². The van der Waals surface area contributed by atoms with Gasteiger partial charge in [0.2, 0.25) is 0 Å². The van der Waals surface area contributed by atoms with Crippen LogP contribution in [-0.2, 0) is 13.2 Å². The minimum Gasteiger partial charge on any atom is -0.313 e. The van der Waals surface area contributed by atoms with Gasteiger partial charge >= 0.3 is 6.18 Å². The first kappa shape index (κ1) is 18.6. The third kappa shape index (κ3) is 3.81. The molecule has 3 rings (SSSR count). The first-order valence-electron chi connectivity index (χ1n) is 7.63. The summed E-state index contributed by atoms with van der Waals surface area (Å²) in [6, 6.07) is 9.08. The van der Waals surface area contributed by atoms with E-state index in [-0.39, 0.29) is 17.0 Å². The molecule has 0 saturated carbocycles.